The molecule has 2 heteroatoms. The van der Waals surface area contributed by atoms with Crippen LogP contribution in [0.15, 0.2) is 24.5 Å². The minimum absolute atomic E-state index is 1.11. The molecule has 2 nitrogen and oxygen atoms in total. The molecule has 0 radical (unpaired) electrons. The molecule has 0 fully saturated rings. The van der Waals surface area contributed by atoms with Crippen LogP contribution in [0.4, 0.5) is 0 Å². The largest absolute Gasteiger partial charge is 0.331 e. The van der Waals surface area contributed by atoms with E-state index in [-0.39, 0.29) is 0 Å². The normalized spacial score (nSPS) is 11.4. The third-order valence-corrected chi connectivity index (χ3v) is 4.53. The topological polar surface area (TPSA) is 17.8 Å². The van der Waals surface area contributed by atoms with Crippen molar-refractivity contribution in [2.45, 2.75) is 84.6 Å². The van der Waals surface area contributed by atoms with Gasteiger partial charge in [-0.15, -0.1) is 0 Å². The molecule has 0 spiro atoms. The second-order valence-electron chi connectivity index (χ2n) is 6.61. The lowest BCUT2D eigenvalue weighted by Crippen LogP contribution is -1.96. The fourth-order valence-electron chi connectivity index (χ4n) is 3.12. The first kappa shape index (κ1) is 17.1. The van der Waals surface area contributed by atoms with E-state index in [1.54, 1.807) is 0 Å². The van der Waals surface area contributed by atoms with Gasteiger partial charge in [0.05, 0.1) is 17.4 Å². The fourth-order valence-corrected chi connectivity index (χ4v) is 3.12. The summed E-state index contributed by atoms with van der Waals surface area (Å²) in [6, 6.07) is 6.55. The molecule has 122 valence electrons. The highest BCUT2D eigenvalue weighted by atomic mass is 15.0. The number of hydrogen-bond donors (Lipinski definition) is 0. The highest BCUT2D eigenvalue weighted by molar-refractivity contribution is 5.75. The number of fused-ring (bicyclic) bond motifs is 1. The maximum absolute atomic E-state index is 4.51. The SMILES string of the molecule is CCCCCCCCCCCCn1cnc2cc(C)ccc21. The van der Waals surface area contributed by atoms with Crippen molar-refractivity contribution >= 4 is 11.0 Å². The molecule has 0 aliphatic heterocycles. The van der Waals surface area contributed by atoms with E-state index < -0.39 is 0 Å². The third-order valence-electron chi connectivity index (χ3n) is 4.53. The standard InChI is InChI=1S/C20H32N2/c1-3-4-5-6-7-8-9-10-11-12-15-22-17-21-19-16-18(2)13-14-20(19)22/h13-14,16-17H,3-12,15H2,1-2H3. The molecule has 0 bridgehead atoms. The van der Waals surface area contributed by atoms with Crippen LogP contribution in [0, 0.1) is 6.92 Å². The van der Waals surface area contributed by atoms with Crippen LogP contribution in [-0.2, 0) is 6.54 Å². The number of aryl methyl sites for hydroxylation is 2. The third kappa shape index (κ3) is 5.47. The van der Waals surface area contributed by atoms with Gasteiger partial charge in [-0.2, -0.15) is 0 Å². The van der Waals surface area contributed by atoms with Gasteiger partial charge >= 0.3 is 0 Å². The molecule has 1 aromatic carbocycles. The van der Waals surface area contributed by atoms with Gasteiger partial charge in [-0.3, -0.25) is 0 Å². The molecule has 2 aromatic rings. The average Bonchev–Trinajstić information content (AvgIpc) is 2.91. The Morgan fingerprint density at radius 2 is 1.50 bits per heavy atom. The van der Waals surface area contributed by atoms with E-state index in [1.165, 1.54) is 75.3 Å². The summed E-state index contributed by atoms with van der Waals surface area (Å²) in [4.78, 5) is 4.51. The molecular weight excluding hydrogens is 268 g/mol. The summed E-state index contributed by atoms with van der Waals surface area (Å²) in [5.41, 5.74) is 3.70. The van der Waals surface area contributed by atoms with Gasteiger partial charge in [-0.25, -0.2) is 4.98 Å². The minimum Gasteiger partial charge on any atom is -0.331 e. The van der Waals surface area contributed by atoms with Gasteiger partial charge in [0, 0.05) is 6.54 Å². The van der Waals surface area contributed by atoms with E-state index in [0.717, 1.165) is 12.1 Å². The average molecular weight is 300 g/mol. The van der Waals surface area contributed by atoms with Crippen molar-refractivity contribution in [3.05, 3.63) is 30.1 Å². The molecule has 0 aliphatic rings. The molecule has 0 amide bonds. The molecule has 0 N–H and O–H groups in total. The Balaban J connectivity index is 1.57. The number of hydrogen-bond acceptors (Lipinski definition) is 1. The summed E-state index contributed by atoms with van der Waals surface area (Å²) in [6.45, 7) is 5.52. The Morgan fingerprint density at radius 3 is 2.18 bits per heavy atom. The van der Waals surface area contributed by atoms with Crippen molar-refractivity contribution in [1.82, 2.24) is 9.55 Å². The quantitative estimate of drug-likeness (QED) is 0.447. The molecule has 0 aliphatic carbocycles. The summed E-state index contributed by atoms with van der Waals surface area (Å²) < 4.78 is 2.31. The van der Waals surface area contributed by atoms with Gasteiger partial charge < -0.3 is 4.57 Å². The number of benzene rings is 1. The van der Waals surface area contributed by atoms with Gasteiger partial charge in [0.1, 0.15) is 0 Å². The van der Waals surface area contributed by atoms with Crippen LogP contribution in [0.1, 0.15) is 76.7 Å². The zero-order valence-electron chi connectivity index (χ0n) is 14.5. The lowest BCUT2D eigenvalue weighted by atomic mass is 10.1. The lowest BCUT2D eigenvalue weighted by molar-refractivity contribution is 0.538. The van der Waals surface area contributed by atoms with Crippen LogP contribution in [0.25, 0.3) is 11.0 Å². The van der Waals surface area contributed by atoms with E-state index in [0.29, 0.717) is 0 Å². The molecule has 0 saturated heterocycles. The second kappa shape index (κ2) is 9.66. The summed E-state index contributed by atoms with van der Waals surface area (Å²) in [5, 5.41) is 0. The van der Waals surface area contributed by atoms with E-state index in [4.69, 9.17) is 0 Å². The number of nitrogens with zero attached hydrogens (tertiary/aromatic N) is 2. The minimum atomic E-state index is 1.11. The van der Waals surface area contributed by atoms with Gasteiger partial charge in [-0.1, -0.05) is 70.8 Å². The molecule has 0 saturated carbocycles. The molecule has 1 heterocycles. The van der Waals surface area contributed by atoms with Crippen LogP contribution in [0.5, 0.6) is 0 Å². The smallest absolute Gasteiger partial charge is 0.0958 e. The Morgan fingerprint density at radius 1 is 0.864 bits per heavy atom. The van der Waals surface area contributed by atoms with Crippen molar-refractivity contribution in [2.75, 3.05) is 0 Å². The summed E-state index contributed by atoms with van der Waals surface area (Å²) >= 11 is 0. The van der Waals surface area contributed by atoms with E-state index in [1.807, 2.05) is 6.33 Å². The van der Waals surface area contributed by atoms with Crippen LogP contribution in [0.3, 0.4) is 0 Å². The van der Waals surface area contributed by atoms with Crippen molar-refractivity contribution in [2.24, 2.45) is 0 Å². The maximum Gasteiger partial charge on any atom is 0.0958 e. The maximum atomic E-state index is 4.51. The van der Waals surface area contributed by atoms with Crippen LogP contribution < -0.4 is 0 Å². The zero-order chi connectivity index (χ0) is 15.6. The number of imidazole rings is 1. The Labute approximate surface area is 135 Å². The predicted molar refractivity (Wildman–Crippen MR) is 96.3 cm³/mol. The molecule has 22 heavy (non-hydrogen) atoms. The van der Waals surface area contributed by atoms with E-state index >= 15 is 0 Å². The highest BCUT2D eigenvalue weighted by Gasteiger charge is 2.02. The van der Waals surface area contributed by atoms with Crippen molar-refractivity contribution in [1.29, 1.82) is 0 Å². The monoisotopic (exact) mass is 300 g/mol. The molecule has 0 atom stereocenters. The van der Waals surface area contributed by atoms with Crippen LogP contribution >= 0.6 is 0 Å². The molecule has 2 rings (SSSR count). The summed E-state index contributed by atoms with van der Waals surface area (Å²) in [7, 11) is 0. The summed E-state index contributed by atoms with van der Waals surface area (Å²) in [6.07, 6.45) is 15.9. The number of aromatic nitrogens is 2. The van der Waals surface area contributed by atoms with Crippen molar-refractivity contribution in [3.8, 4) is 0 Å². The van der Waals surface area contributed by atoms with Gasteiger partial charge in [0.2, 0.25) is 0 Å². The first-order valence-corrected chi connectivity index (χ1v) is 9.22. The van der Waals surface area contributed by atoms with Crippen molar-refractivity contribution < 1.29 is 0 Å². The molecular formula is C20H32N2. The Bertz CT molecular complexity index is 542. The Hall–Kier alpha value is -1.31. The van der Waals surface area contributed by atoms with E-state index in [2.05, 4.69) is 41.6 Å². The van der Waals surface area contributed by atoms with Crippen LogP contribution in [0.2, 0.25) is 0 Å². The highest BCUT2D eigenvalue weighted by Crippen LogP contribution is 2.16. The number of rotatable bonds is 11. The van der Waals surface area contributed by atoms with Gasteiger partial charge in [0.15, 0.2) is 0 Å². The first-order chi connectivity index (χ1) is 10.8. The Kier molecular flexibility index (Phi) is 7.48. The zero-order valence-corrected chi connectivity index (χ0v) is 14.5. The summed E-state index contributed by atoms with van der Waals surface area (Å²) in [5.74, 6) is 0. The van der Waals surface area contributed by atoms with Gasteiger partial charge in [-0.05, 0) is 31.0 Å². The fraction of sp³-hybridized carbons (Fsp3) is 0.650. The molecule has 1 aromatic heterocycles. The van der Waals surface area contributed by atoms with E-state index in [9.17, 15) is 0 Å². The predicted octanol–water partition coefficient (Wildman–Crippen LogP) is 6.27. The van der Waals surface area contributed by atoms with Crippen LogP contribution in [-0.4, -0.2) is 9.55 Å². The first-order valence-electron chi connectivity index (χ1n) is 9.22. The van der Waals surface area contributed by atoms with Crippen molar-refractivity contribution in [3.63, 3.8) is 0 Å². The van der Waals surface area contributed by atoms with Gasteiger partial charge in [0.25, 0.3) is 0 Å². The second-order valence-corrected chi connectivity index (χ2v) is 6.61. The lowest BCUT2D eigenvalue weighted by Gasteiger charge is -2.05. The number of unbranched alkanes of at least 4 members (excludes halogenated alkanes) is 9. The molecule has 0 unspecified atom stereocenters.